The van der Waals surface area contributed by atoms with Gasteiger partial charge in [0.15, 0.2) is 0 Å². The first-order valence-corrected chi connectivity index (χ1v) is 9.54. The summed E-state index contributed by atoms with van der Waals surface area (Å²) in [7, 11) is 0. The number of esters is 1. The second-order valence-corrected chi connectivity index (χ2v) is 7.82. The number of rotatable bonds is 5. The van der Waals surface area contributed by atoms with Gasteiger partial charge in [0.2, 0.25) is 0 Å². The molecule has 0 heterocycles. The Bertz CT molecular complexity index is 992. The first-order chi connectivity index (χ1) is 13.8. The van der Waals surface area contributed by atoms with Gasteiger partial charge in [-0.1, -0.05) is 60.7 Å². The van der Waals surface area contributed by atoms with E-state index in [1.165, 1.54) is 0 Å². The number of alkyl carbamates (subject to hydrolysis) is 1. The van der Waals surface area contributed by atoms with Crippen LogP contribution in [0, 0.1) is 0 Å². The Morgan fingerprint density at radius 2 is 1.55 bits per heavy atom. The zero-order valence-electron chi connectivity index (χ0n) is 16.8. The largest absolute Gasteiger partial charge is 0.444 e. The molecule has 5 heteroatoms. The summed E-state index contributed by atoms with van der Waals surface area (Å²) >= 11 is 0. The first-order valence-electron chi connectivity index (χ1n) is 9.54. The van der Waals surface area contributed by atoms with Crippen LogP contribution in [0.25, 0.3) is 10.8 Å². The average Bonchev–Trinajstić information content (AvgIpc) is 2.66. The van der Waals surface area contributed by atoms with Gasteiger partial charge in [-0.05, 0) is 49.2 Å². The van der Waals surface area contributed by atoms with Gasteiger partial charge in [-0.15, -0.1) is 0 Å². The second-order valence-electron chi connectivity index (χ2n) is 7.82. The standard InChI is InChI=1S/C24H25NO4/c1-24(2,3)29-23(27)25-21(15-17-9-5-4-6-10-17)22(26)28-20-14-13-18-11-7-8-12-19(18)16-20/h4-14,16,21H,15H2,1-3H3,(H,25,27)/t21-/m0/s1. The zero-order valence-corrected chi connectivity index (χ0v) is 16.8. The van der Waals surface area contributed by atoms with Crippen LogP contribution in [0.1, 0.15) is 26.3 Å². The Labute approximate surface area is 170 Å². The number of benzene rings is 3. The topological polar surface area (TPSA) is 64.6 Å². The third-order valence-corrected chi connectivity index (χ3v) is 4.20. The van der Waals surface area contributed by atoms with Crippen molar-refractivity contribution in [3.8, 4) is 5.75 Å². The van der Waals surface area contributed by atoms with Crippen LogP contribution in [0.2, 0.25) is 0 Å². The van der Waals surface area contributed by atoms with E-state index >= 15 is 0 Å². The van der Waals surface area contributed by atoms with Gasteiger partial charge < -0.3 is 14.8 Å². The maximum Gasteiger partial charge on any atom is 0.408 e. The van der Waals surface area contributed by atoms with Crippen LogP contribution in [-0.2, 0) is 16.0 Å². The van der Waals surface area contributed by atoms with Gasteiger partial charge in [0.25, 0.3) is 0 Å². The average molecular weight is 391 g/mol. The molecule has 0 aliphatic heterocycles. The lowest BCUT2D eigenvalue weighted by Crippen LogP contribution is -2.46. The van der Waals surface area contributed by atoms with Gasteiger partial charge >= 0.3 is 12.1 Å². The van der Waals surface area contributed by atoms with Crippen molar-refractivity contribution in [3.05, 3.63) is 78.4 Å². The van der Waals surface area contributed by atoms with Gasteiger partial charge in [0.1, 0.15) is 17.4 Å². The molecule has 0 saturated heterocycles. The van der Waals surface area contributed by atoms with Crippen LogP contribution in [-0.4, -0.2) is 23.7 Å². The fourth-order valence-corrected chi connectivity index (χ4v) is 2.91. The summed E-state index contributed by atoms with van der Waals surface area (Å²) in [6.07, 6.45) is -0.360. The van der Waals surface area contributed by atoms with Gasteiger partial charge in [0, 0.05) is 6.42 Å². The highest BCUT2D eigenvalue weighted by molar-refractivity contribution is 5.86. The molecule has 0 bridgehead atoms. The highest BCUT2D eigenvalue weighted by Crippen LogP contribution is 2.21. The smallest absolute Gasteiger partial charge is 0.408 e. The Balaban J connectivity index is 1.77. The van der Waals surface area contributed by atoms with Crippen LogP contribution in [0.15, 0.2) is 72.8 Å². The fourth-order valence-electron chi connectivity index (χ4n) is 2.91. The highest BCUT2D eigenvalue weighted by atomic mass is 16.6. The molecular weight excluding hydrogens is 366 g/mol. The molecule has 0 aromatic heterocycles. The Hall–Kier alpha value is -3.34. The molecule has 0 saturated carbocycles. The summed E-state index contributed by atoms with van der Waals surface area (Å²) in [4.78, 5) is 25.1. The van der Waals surface area contributed by atoms with Crippen LogP contribution < -0.4 is 10.1 Å². The quantitative estimate of drug-likeness (QED) is 0.497. The third-order valence-electron chi connectivity index (χ3n) is 4.20. The highest BCUT2D eigenvalue weighted by Gasteiger charge is 2.26. The van der Waals surface area contributed by atoms with Crippen molar-refractivity contribution in [2.45, 2.75) is 38.8 Å². The molecule has 0 unspecified atom stereocenters. The molecule has 29 heavy (non-hydrogen) atoms. The van der Waals surface area contributed by atoms with E-state index in [0.29, 0.717) is 12.2 Å². The van der Waals surface area contributed by atoms with Crippen LogP contribution >= 0.6 is 0 Å². The summed E-state index contributed by atoms with van der Waals surface area (Å²) in [5.41, 5.74) is 0.243. The lowest BCUT2D eigenvalue weighted by molar-refractivity contribution is -0.136. The van der Waals surface area contributed by atoms with E-state index in [1.54, 1.807) is 32.9 Å². The number of carbonyl (C=O) groups is 2. The predicted molar refractivity (Wildman–Crippen MR) is 113 cm³/mol. The molecule has 3 aromatic rings. The maximum atomic E-state index is 12.9. The first kappa shape index (κ1) is 20.4. The van der Waals surface area contributed by atoms with Gasteiger partial charge in [-0.25, -0.2) is 9.59 Å². The Morgan fingerprint density at radius 1 is 0.897 bits per heavy atom. The number of hydrogen-bond acceptors (Lipinski definition) is 4. The van der Waals surface area contributed by atoms with Crippen LogP contribution in [0.4, 0.5) is 4.79 Å². The molecule has 150 valence electrons. The normalized spacial score (nSPS) is 12.2. The summed E-state index contributed by atoms with van der Waals surface area (Å²) in [6.45, 7) is 5.31. The molecule has 1 atom stereocenters. The van der Waals surface area contributed by atoms with E-state index in [2.05, 4.69) is 5.32 Å². The van der Waals surface area contributed by atoms with E-state index in [-0.39, 0.29) is 0 Å². The van der Waals surface area contributed by atoms with Crippen LogP contribution in [0.5, 0.6) is 5.75 Å². The fraction of sp³-hybridized carbons (Fsp3) is 0.250. The summed E-state index contributed by atoms with van der Waals surface area (Å²) in [6, 6.07) is 21.8. The minimum Gasteiger partial charge on any atom is -0.444 e. The molecule has 0 fully saturated rings. The van der Waals surface area contributed by atoms with E-state index in [9.17, 15) is 9.59 Å². The number of hydrogen-bond donors (Lipinski definition) is 1. The van der Waals surface area contributed by atoms with Crippen LogP contribution in [0.3, 0.4) is 0 Å². The summed E-state index contributed by atoms with van der Waals surface area (Å²) in [5, 5.41) is 4.67. The van der Waals surface area contributed by atoms with Gasteiger partial charge in [-0.3, -0.25) is 0 Å². The van der Waals surface area contributed by atoms with Crippen molar-refractivity contribution in [2.24, 2.45) is 0 Å². The second kappa shape index (κ2) is 8.78. The van der Waals surface area contributed by atoms with Crippen molar-refractivity contribution in [3.63, 3.8) is 0 Å². The number of fused-ring (bicyclic) bond motifs is 1. The third kappa shape index (κ3) is 6.07. The van der Waals surface area contributed by atoms with E-state index < -0.39 is 23.7 Å². The van der Waals surface area contributed by atoms with Gasteiger partial charge in [-0.2, -0.15) is 0 Å². The monoisotopic (exact) mass is 391 g/mol. The van der Waals surface area contributed by atoms with Crippen molar-refractivity contribution in [2.75, 3.05) is 0 Å². The van der Waals surface area contributed by atoms with Gasteiger partial charge in [0.05, 0.1) is 0 Å². The molecule has 0 aliphatic rings. The summed E-state index contributed by atoms with van der Waals surface area (Å²) < 4.78 is 10.9. The Morgan fingerprint density at radius 3 is 2.24 bits per heavy atom. The molecule has 1 amide bonds. The lowest BCUT2D eigenvalue weighted by atomic mass is 10.1. The molecule has 0 spiro atoms. The number of ether oxygens (including phenoxy) is 2. The van der Waals surface area contributed by atoms with Crippen molar-refractivity contribution in [1.29, 1.82) is 0 Å². The molecule has 3 aromatic carbocycles. The van der Waals surface area contributed by atoms with E-state index in [0.717, 1.165) is 16.3 Å². The number of carbonyl (C=O) groups excluding carboxylic acids is 2. The number of nitrogens with one attached hydrogen (secondary N) is 1. The maximum absolute atomic E-state index is 12.9. The van der Waals surface area contributed by atoms with Crippen molar-refractivity contribution >= 4 is 22.8 Å². The molecule has 1 N–H and O–H groups in total. The van der Waals surface area contributed by atoms with Crippen molar-refractivity contribution in [1.82, 2.24) is 5.32 Å². The van der Waals surface area contributed by atoms with E-state index in [1.807, 2.05) is 60.7 Å². The minimum absolute atomic E-state index is 0.298. The molecule has 0 aliphatic carbocycles. The van der Waals surface area contributed by atoms with Crippen molar-refractivity contribution < 1.29 is 19.1 Å². The molecule has 0 radical (unpaired) electrons. The predicted octanol–water partition coefficient (Wildman–Crippen LogP) is 4.88. The molecule has 3 rings (SSSR count). The summed E-state index contributed by atoms with van der Waals surface area (Å²) in [5.74, 6) is -0.118. The van der Waals surface area contributed by atoms with E-state index in [4.69, 9.17) is 9.47 Å². The molecule has 5 nitrogen and oxygen atoms in total. The number of amides is 1. The molecular formula is C24H25NO4. The Kier molecular flexibility index (Phi) is 6.17. The SMILES string of the molecule is CC(C)(C)OC(=O)N[C@@H](Cc1ccccc1)C(=O)Oc1ccc2ccccc2c1. The lowest BCUT2D eigenvalue weighted by Gasteiger charge is -2.23. The zero-order chi connectivity index (χ0) is 20.9. The minimum atomic E-state index is -0.876.